The van der Waals surface area contributed by atoms with Crippen LogP contribution in [-0.2, 0) is 0 Å². The van der Waals surface area contributed by atoms with Gasteiger partial charge in [0.25, 0.3) is 0 Å². The van der Waals surface area contributed by atoms with E-state index >= 15 is 0 Å². The highest BCUT2D eigenvalue weighted by molar-refractivity contribution is 9.12. The number of nitrogens with zero attached hydrogens (tertiary/aromatic N) is 1. The van der Waals surface area contributed by atoms with Crippen molar-refractivity contribution in [2.75, 3.05) is 13.1 Å². The molecule has 2 rings (SSSR count). The van der Waals surface area contributed by atoms with Crippen LogP contribution in [0, 0.1) is 0 Å². The van der Waals surface area contributed by atoms with Crippen molar-refractivity contribution in [1.29, 1.82) is 0 Å². The second-order valence-corrected chi connectivity index (χ2v) is 7.70. The lowest BCUT2D eigenvalue weighted by atomic mass is 10.2. The fourth-order valence-corrected chi connectivity index (χ4v) is 4.59. The Morgan fingerprint density at radius 2 is 2.25 bits per heavy atom. The van der Waals surface area contributed by atoms with Gasteiger partial charge < -0.3 is 0 Å². The molecular weight excluding hydrogens is 354 g/mol. The van der Waals surface area contributed by atoms with Gasteiger partial charge in [0.05, 0.1) is 14.1 Å². The Bertz CT molecular complexity index is 401. The summed E-state index contributed by atoms with van der Waals surface area (Å²) >= 11 is 8.38. The minimum Gasteiger partial charge on any atom is -0.293 e. The van der Waals surface area contributed by atoms with Crippen LogP contribution in [-0.4, -0.2) is 29.8 Å². The predicted molar refractivity (Wildman–Crippen MR) is 74.3 cm³/mol. The van der Waals surface area contributed by atoms with Gasteiger partial charge in [0.15, 0.2) is 5.78 Å². The maximum absolute atomic E-state index is 12.1. The zero-order valence-corrected chi connectivity index (χ0v) is 13.0. The zero-order chi connectivity index (χ0) is 11.7. The summed E-state index contributed by atoms with van der Waals surface area (Å²) in [5.41, 5.74) is 0.802. The minimum atomic E-state index is 0.211. The van der Waals surface area contributed by atoms with E-state index in [9.17, 15) is 4.79 Å². The molecule has 0 aliphatic heterocycles. The number of halogens is 2. The first-order chi connectivity index (χ1) is 7.61. The minimum absolute atomic E-state index is 0.211. The molecule has 1 aromatic heterocycles. The SMILES string of the molecule is CCN(CC(=O)c1cc(Br)sc1Br)C1CC1. The molecule has 0 saturated heterocycles. The quantitative estimate of drug-likeness (QED) is 0.735. The van der Waals surface area contributed by atoms with E-state index in [1.54, 1.807) is 11.3 Å². The lowest BCUT2D eigenvalue weighted by molar-refractivity contribution is 0.0928. The second kappa shape index (κ2) is 5.29. The number of ketones is 1. The zero-order valence-electron chi connectivity index (χ0n) is 9.00. The summed E-state index contributed by atoms with van der Waals surface area (Å²) < 4.78 is 1.92. The van der Waals surface area contributed by atoms with E-state index in [1.165, 1.54) is 12.8 Å². The van der Waals surface area contributed by atoms with Gasteiger partial charge in [-0.1, -0.05) is 6.92 Å². The van der Waals surface area contributed by atoms with E-state index in [-0.39, 0.29) is 5.78 Å². The number of carbonyl (C=O) groups excluding carboxylic acids is 1. The first-order valence-electron chi connectivity index (χ1n) is 5.34. The molecule has 16 heavy (non-hydrogen) atoms. The maximum atomic E-state index is 12.1. The molecule has 1 aliphatic rings. The summed E-state index contributed by atoms with van der Waals surface area (Å²) in [6, 6.07) is 2.55. The highest BCUT2D eigenvalue weighted by Crippen LogP contribution is 2.33. The third kappa shape index (κ3) is 2.94. The van der Waals surface area contributed by atoms with E-state index < -0.39 is 0 Å². The highest BCUT2D eigenvalue weighted by Gasteiger charge is 2.29. The number of Topliss-reactive ketones (excluding diaryl/α,β-unsaturated/α-hetero) is 1. The molecule has 1 saturated carbocycles. The monoisotopic (exact) mass is 365 g/mol. The van der Waals surface area contributed by atoms with Crippen LogP contribution in [0.4, 0.5) is 0 Å². The van der Waals surface area contributed by atoms with Crippen molar-refractivity contribution in [2.45, 2.75) is 25.8 Å². The highest BCUT2D eigenvalue weighted by atomic mass is 79.9. The summed E-state index contributed by atoms with van der Waals surface area (Å²) in [5, 5.41) is 0. The molecule has 2 nitrogen and oxygen atoms in total. The summed E-state index contributed by atoms with van der Waals surface area (Å²) in [7, 11) is 0. The van der Waals surface area contributed by atoms with Gasteiger partial charge >= 0.3 is 0 Å². The lowest BCUT2D eigenvalue weighted by Crippen LogP contribution is -2.31. The predicted octanol–water partition coefficient (Wildman–Crippen LogP) is 3.94. The van der Waals surface area contributed by atoms with Crippen molar-refractivity contribution >= 4 is 49.0 Å². The molecule has 0 amide bonds. The van der Waals surface area contributed by atoms with Crippen LogP contribution in [0.5, 0.6) is 0 Å². The van der Waals surface area contributed by atoms with Crippen molar-refractivity contribution in [3.8, 4) is 0 Å². The number of rotatable bonds is 5. The van der Waals surface area contributed by atoms with Crippen molar-refractivity contribution < 1.29 is 4.79 Å². The summed E-state index contributed by atoms with van der Waals surface area (Å²) in [5.74, 6) is 0.211. The average Bonchev–Trinajstić information content (AvgIpc) is 3.01. The van der Waals surface area contributed by atoms with E-state index in [0.717, 1.165) is 19.7 Å². The lowest BCUT2D eigenvalue weighted by Gasteiger charge is -2.18. The number of hydrogen-bond donors (Lipinski definition) is 0. The molecule has 5 heteroatoms. The molecule has 1 aromatic rings. The average molecular weight is 367 g/mol. The molecule has 0 N–H and O–H groups in total. The molecule has 0 bridgehead atoms. The molecule has 0 radical (unpaired) electrons. The Hall–Kier alpha value is 0.290. The Morgan fingerprint density at radius 3 is 2.69 bits per heavy atom. The molecule has 0 aromatic carbocycles. The number of thiophene rings is 1. The number of likely N-dealkylation sites (N-methyl/N-ethyl adjacent to an activating group) is 1. The van der Waals surface area contributed by atoms with Gasteiger partial charge in [0.2, 0.25) is 0 Å². The van der Waals surface area contributed by atoms with Gasteiger partial charge in [0.1, 0.15) is 0 Å². The van der Waals surface area contributed by atoms with E-state index in [0.29, 0.717) is 12.6 Å². The van der Waals surface area contributed by atoms with Crippen molar-refractivity contribution in [1.82, 2.24) is 4.90 Å². The van der Waals surface area contributed by atoms with Gasteiger partial charge in [-0.3, -0.25) is 9.69 Å². The number of hydrogen-bond acceptors (Lipinski definition) is 3. The molecule has 1 aliphatic carbocycles. The Morgan fingerprint density at radius 1 is 1.56 bits per heavy atom. The van der Waals surface area contributed by atoms with Crippen LogP contribution in [0.3, 0.4) is 0 Å². The Kier molecular flexibility index (Phi) is 4.21. The molecule has 0 spiro atoms. The first-order valence-corrected chi connectivity index (χ1v) is 7.74. The maximum Gasteiger partial charge on any atom is 0.178 e. The molecule has 1 heterocycles. The fourth-order valence-electron chi connectivity index (χ4n) is 1.74. The Balaban J connectivity index is 2.04. The molecular formula is C11H13Br2NOS. The van der Waals surface area contributed by atoms with E-state index in [2.05, 4.69) is 43.7 Å². The van der Waals surface area contributed by atoms with Gasteiger partial charge in [-0.05, 0) is 57.3 Å². The van der Waals surface area contributed by atoms with Gasteiger partial charge in [0, 0.05) is 11.6 Å². The second-order valence-electron chi connectivity index (χ2n) is 3.96. The molecule has 88 valence electrons. The fraction of sp³-hybridized carbons (Fsp3) is 0.545. The largest absolute Gasteiger partial charge is 0.293 e. The van der Waals surface area contributed by atoms with Crippen molar-refractivity contribution in [3.05, 3.63) is 19.2 Å². The normalized spacial score (nSPS) is 15.8. The van der Waals surface area contributed by atoms with Crippen LogP contribution in [0.25, 0.3) is 0 Å². The van der Waals surface area contributed by atoms with Crippen LogP contribution < -0.4 is 0 Å². The summed E-state index contributed by atoms with van der Waals surface area (Å²) in [6.45, 7) is 3.62. The summed E-state index contributed by atoms with van der Waals surface area (Å²) in [4.78, 5) is 14.4. The van der Waals surface area contributed by atoms with Gasteiger partial charge in [-0.2, -0.15) is 0 Å². The van der Waals surface area contributed by atoms with E-state index in [4.69, 9.17) is 0 Å². The number of carbonyl (C=O) groups is 1. The standard InChI is InChI=1S/C11H13Br2NOS/c1-2-14(7-3-4-7)6-9(15)8-5-10(12)16-11(8)13/h5,7H,2-4,6H2,1H3. The van der Waals surface area contributed by atoms with Crippen molar-refractivity contribution in [2.24, 2.45) is 0 Å². The van der Waals surface area contributed by atoms with Gasteiger partial charge in [-0.25, -0.2) is 0 Å². The van der Waals surface area contributed by atoms with E-state index in [1.807, 2.05) is 6.07 Å². The third-order valence-corrected chi connectivity index (χ3v) is 5.11. The topological polar surface area (TPSA) is 20.3 Å². The van der Waals surface area contributed by atoms with Gasteiger partial charge in [-0.15, -0.1) is 11.3 Å². The summed E-state index contributed by atoms with van der Waals surface area (Å²) in [6.07, 6.45) is 2.49. The molecule has 1 fully saturated rings. The Labute approximate surface area is 116 Å². The van der Waals surface area contributed by atoms with Crippen LogP contribution >= 0.6 is 43.2 Å². The first kappa shape index (κ1) is 12.7. The molecule has 0 unspecified atom stereocenters. The third-order valence-electron chi connectivity index (χ3n) is 2.77. The van der Waals surface area contributed by atoms with Crippen molar-refractivity contribution in [3.63, 3.8) is 0 Å². The van der Waals surface area contributed by atoms with Crippen LogP contribution in [0.15, 0.2) is 13.6 Å². The smallest absolute Gasteiger partial charge is 0.178 e. The van der Waals surface area contributed by atoms with Crippen LogP contribution in [0.2, 0.25) is 0 Å². The molecule has 0 atom stereocenters. The van der Waals surface area contributed by atoms with Crippen LogP contribution in [0.1, 0.15) is 30.1 Å².